The minimum atomic E-state index is -0.887. The van der Waals surface area contributed by atoms with E-state index in [-0.39, 0.29) is 17.5 Å². The van der Waals surface area contributed by atoms with Crippen LogP contribution in [0.25, 0.3) is 10.9 Å². The number of carbonyl (C=O) groups is 2. The normalized spacial score (nSPS) is 15.3. The van der Waals surface area contributed by atoms with Crippen molar-refractivity contribution in [2.24, 2.45) is 11.7 Å². The van der Waals surface area contributed by atoms with E-state index < -0.39 is 17.2 Å². The number of benzene rings is 1. The lowest BCUT2D eigenvalue weighted by atomic mass is 10.1. The molecule has 0 saturated heterocycles. The Hall–Kier alpha value is -2.35. The first-order valence-corrected chi connectivity index (χ1v) is 9.04. The number of primary amides is 1. The molecular formula is C17H20N4O3S. The van der Waals surface area contributed by atoms with Crippen LogP contribution in [-0.2, 0) is 4.79 Å². The molecule has 1 saturated carbocycles. The van der Waals surface area contributed by atoms with Crippen molar-refractivity contribution >= 4 is 34.6 Å². The molecule has 7 nitrogen and oxygen atoms in total. The molecule has 2 aromatic rings. The summed E-state index contributed by atoms with van der Waals surface area (Å²) in [6.07, 6.45) is 1.85. The van der Waals surface area contributed by atoms with E-state index in [9.17, 15) is 14.4 Å². The van der Waals surface area contributed by atoms with Crippen LogP contribution < -0.4 is 16.6 Å². The quantitative estimate of drug-likeness (QED) is 0.627. The number of hydrogen-bond acceptors (Lipinski definition) is 5. The lowest BCUT2D eigenvalue weighted by Gasteiger charge is -2.20. The first-order valence-electron chi connectivity index (χ1n) is 8.16. The molecule has 0 bridgehead atoms. The van der Waals surface area contributed by atoms with Gasteiger partial charge in [0.15, 0.2) is 5.16 Å². The average Bonchev–Trinajstić information content (AvgIpc) is 3.36. The van der Waals surface area contributed by atoms with Crippen LogP contribution in [0.5, 0.6) is 0 Å². The summed E-state index contributed by atoms with van der Waals surface area (Å²) in [5, 5.41) is 2.62. The van der Waals surface area contributed by atoms with Crippen molar-refractivity contribution in [1.29, 1.82) is 0 Å². The number of nitrogens with zero attached hydrogens (tertiary/aromatic N) is 2. The van der Waals surface area contributed by atoms with E-state index in [0.29, 0.717) is 16.1 Å². The van der Waals surface area contributed by atoms with E-state index in [1.807, 2.05) is 26.0 Å². The van der Waals surface area contributed by atoms with Gasteiger partial charge in [-0.1, -0.05) is 37.7 Å². The fraction of sp³-hybridized carbons (Fsp3) is 0.412. The molecule has 3 amide bonds. The van der Waals surface area contributed by atoms with Crippen LogP contribution in [0.3, 0.4) is 0 Å². The molecule has 25 heavy (non-hydrogen) atoms. The standard InChI is InChI=1S/C17H20N4O3S/c1-9(2)13(14(22)20-16(18)24)25-17-19-12-6-4-3-5-11(12)15(23)21(17)10-7-8-10/h3-6,9-10,13H,7-8H2,1-2H3,(H3,18,20,22,24)/t13-/m1/s1. The number of thioether (sulfide) groups is 1. The highest BCUT2D eigenvalue weighted by molar-refractivity contribution is 8.00. The van der Waals surface area contributed by atoms with E-state index in [0.717, 1.165) is 12.8 Å². The number of aromatic nitrogens is 2. The minimum absolute atomic E-state index is 0.0691. The lowest BCUT2D eigenvalue weighted by Crippen LogP contribution is -2.42. The fourth-order valence-electron chi connectivity index (χ4n) is 2.66. The van der Waals surface area contributed by atoms with Crippen LogP contribution in [-0.4, -0.2) is 26.7 Å². The fourth-order valence-corrected chi connectivity index (χ4v) is 3.82. The molecule has 1 fully saturated rings. The summed E-state index contributed by atoms with van der Waals surface area (Å²) in [5.74, 6) is -0.544. The van der Waals surface area contributed by atoms with Gasteiger partial charge in [-0.05, 0) is 30.9 Å². The third-order valence-electron chi connectivity index (χ3n) is 4.03. The van der Waals surface area contributed by atoms with Crippen LogP contribution in [0, 0.1) is 5.92 Å². The van der Waals surface area contributed by atoms with Crippen molar-refractivity contribution in [2.75, 3.05) is 0 Å². The molecule has 3 N–H and O–H groups in total. The van der Waals surface area contributed by atoms with Crippen LogP contribution in [0.2, 0.25) is 0 Å². The molecule has 1 aromatic carbocycles. The number of nitrogens with two attached hydrogens (primary N) is 1. The highest BCUT2D eigenvalue weighted by Gasteiger charge is 2.32. The first-order chi connectivity index (χ1) is 11.9. The summed E-state index contributed by atoms with van der Waals surface area (Å²) in [6, 6.07) is 6.42. The van der Waals surface area contributed by atoms with Gasteiger partial charge in [0.25, 0.3) is 5.56 Å². The highest BCUT2D eigenvalue weighted by atomic mass is 32.2. The lowest BCUT2D eigenvalue weighted by molar-refractivity contribution is -0.120. The van der Waals surface area contributed by atoms with Crippen molar-refractivity contribution in [3.05, 3.63) is 34.6 Å². The number of para-hydroxylation sites is 1. The monoisotopic (exact) mass is 360 g/mol. The SMILES string of the molecule is CC(C)[C@@H](Sc1nc2ccccc2c(=O)n1C1CC1)C(=O)NC(N)=O. The topological polar surface area (TPSA) is 107 Å². The number of fused-ring (bicyclic) bond motifs is 1. The van der Waals surface area contributed by atoms with Gasteiger partial charge in [-0.2, -0.15) is 0 Å². The third kappa shape index (κ3) is 3.68. The smallest absolute Gasteiger partial charge is 0.318 e. The van der Waals surface area contributed by atoms with Gasteiger partial charge in [-0.3, -0.25) is 19.5 Å². The molecule has 8 heteroatoms. The van der Waals surface area contributed by atoms with Crippen LogP contribution in [0.1, 0.15) is 32.7 Å². The second-order valence-corrected chi connectivity index (χ2v) is 7.56. The third-order valence-corrected chi connectivity index (χ3v) is 5.54. The van der Waals surface area contributed by atoms with Gasteiger partial charge >= 0.3 is 6.03 Å². The van der Waals surface area contributed by atoms with E-state index >= 15 is 0 Å². The van der Waals surface area contributed by atoms with Gasteiger partial charge < -0.3 is 5.73 Å². The summed E-state index contributed by atoms with van der Waals surface area (Å²) in [5.41, 5.74) is 5.57. The molecule has 0 unspecified atom stereocenters. The highest BCUT2D eigenvalue weighted by Crippen LogP contribution is 2.38. The molecule has 1 atom stereocenters. The average molecular weight is 360 g/mol. The summed E-state index contributed by atoms with van der Waals surface area (Å²) >= 11 is 1.20. The van der Waals surface area contributed by atoms with Crippen molar-refractivity contribution in [3.63, 3.8) is 0 Å². The second kappa shape index (κ2) is 6.87. The van der Waals surface area contributed by atoms with Gasteiger partial charge in [0.1, 0.15) is 0 Å². The zero-order valence-corrected chi connectivity index (χ0v) is 14.9. The number of carbonyl (C=O) groups excluding carboxylic acids is 2. The van der Waals surface area contributed by atoms with Gasteiger partial charge in [0.05, 0.1) is 16.2 Å². The number of urea groups is 1. The van der Waals surface area contributed by atoms with Gasteiger partial charge in [-0.25, -0.2) is 9.78 Å². The van der Waals surface area contributed by atoms with Gasteiger partial charge in [-0.15, -0.1) is 0 Å². The van der Waals surface area contributed by atoms with Crippen molar-refractivity contribution in [2.45, 2.75) is 43.1 Å². The number of imide groups is 1. The number of amides is 3. The van der Waals surface area contributed by atoms with E-state index in [4.69, 9.17) is 5.73 Å². The Morgan fingerprint density at radius 1 is 1.32 bits per heavy atom. The Balaban J connectivity index is 2.04. The van der Waals surface area contributed by atoms with Crippen molar-refractivity contribution < 1.29 is 9.59 Å². The second-order valence-electron chi connectivity index (χ2n) is 6.45. The molecule has 0 radical (unpaired) electrons. The Morgan fingerprint density at radius 2 is 2.00 bits per heavy atom. The minimum Gasteiger partial charge on any atom is -0.351 e. The maximum Gasteiger partial charge on any atom is 0.318 e. The summed E-state index contributed by atoms with van der Waals surface area (Å²) in [6.45, 7) is 3.75. The summed E-state index contributed by atoms with van der Waals surface area (Å²) in [7, 11) is 0. The van der Waals surface area contributed by atoms with Gasteiger partial charge in [0.2, 0.25) is 5.91 Å². The first kappa shape index (κ1) is 17.5. The maximum absolute atomic E-state index is 12.9. The largest absolute Gasteiger partial charge is 0.351 e. The summed E-state index contributed by atoms with van der Waals surface area (Å²) < 4.78 is 1.68. The van der Waals surface area contributed by atoms with E-state index in [1.165, 1.54) is 11.8 Å². The number of hydrogen-bond donors (Lipinski definition) is 2. The predicted molar refractivity (Wildman–Crippen MR) is 96.5 cm³/mol. The Morgan fingerprint density at radius 3 is 2.60 bits per heavy atom. The number of rotatable bonds is 5. The number of nitrogens with one attached hydrogen (secondary N) is 1. The molecule has 0 aliphatic heterocycles. The zero-order chi connectivity index (χ0) is 18.1. The Labute approximate surface area is 149 Å². The van der Waals surface area contributed by atoms with Crippen molar-refractivity contribution in [3.8, 4) is 0 Å². The predicted octanol–water partition coefficient (Wildman–Crippen LogP) is 2.04. The van der Waals surface area contributed by atoms with E-state index in [1.54, 1.807) is 16.7 Å². The Bertz CT molecular complexity index is 889. The summed E-state index contributed by atoms with van der Waals surface area (Å²) in [4.78, 5) is 40.8. The maximum atomic E-state index is 12.9. The van der Waals surface area contributed by atoms with E-state index in [2.05, 4.69) is 10.3 Å². The molecular weight excluding hydrogens is 340 g/mol. The molecule has 1 aliphatic carbocycles. The Kier molecular flexibility index (Phi) is 4.80. The molecule has 1 aromatic heterocycles. The van der Waals surface area contributed by atoms with Crippen LogP contribution in [0.15, 0.2) is 34.2 Å². The van der Waals surface area contributed by atoms with Crippen molar-refractivity contribution in [1.82, 2.24) is 14.9 Å². The van der Waals surface area contributed by atoms with Crippen LogP contribution >= 0.6 is 11.8 Å². The molecule has 1 aliphatic rings. The zero-order valence-electron chi connectivity index (χ0n) is 14.1. The van der Waals surface area contributed by atoms with Gasteiger partial charge in [0, 0.05) is 6.04 Å². The molecule has 3 rings (SSSR count). The molecule has 1 heterocycles. The molecule has 132 valence electrons. The molecule has 0 spiro atoms. The van der Waals surface area contributed by atoms with Crippen LogP contribution in [0.4, 0.5) is 4.79 Å².